The number of benzene rings is 2. The minimum atomic E-state index is -0.393. The quantitative estimate of drug-likeness (QED) is 0.433. The van der Waals surface area contributed by atoms with Crippen molar-refractivity contribution in [1.82, 2.24) is 5.43 Å². The molecule has 1 amide bonds. The second kappa shape index (κ2) is 8.88. The molecule has 2 aromatic carbocycles. The number of carbonyl (C=O) groups is 1. The standard InChI is InChI=1S/C18H17BrN2O3/c1-2-4-13-5-3-6-14(18(13)23)11-20-21-17(22)12-24-16-9-7-15(19)8-10-16/h2-3,5-11,23H,1,4,12H2,(H,21,22). The van der Waals surface area contributed by atoms with E-state index in [0.717, 1.165) is 10.0 Å². The summed E-state index contributed by atoms with van der Waals surface area (Å²) in [6.07, 6.45) is 3.65. The maximum Gasteiger partial charge on any atom is 0.277 e. The zero-order chi connectivity index (χ0) is 17.4. The number of hydrazone groups is 1. The number of allylic oxidation sites excluding steroid dienone is 1. The minimum absolute atomic E-state index is 0.126. The van der Waals surface area contributed by atoms with E-state index in [1.54, 1.807) is 36.4 Å². The molecule has 0 unspecified atom stereocenters. The molecule has 0 bridgehead atoms. The molecular formula is C18H17BrN2O3. The average Bonchev–Trinajstić information content (AvgIpc) is 2.58. The Labute approximate surface area is 148 Å². The first-order chi connectivity index (χ1) is 11.6. The molecule has 0 atom stereocenters. The Morgan fingerprint density at radius 1 is 1.29 bits per heavy atom. The molecule has 0 radical (unpaired) electrons. The number of ether oxygens (including phenoxy) is 1. The summed E-state index contributed by atoms with van der Waals surface area (Å²) >= 11 is 3.32. The van der Waals surface area contributed by atoms with E-state index < -0.39 is 5.91 Å². The first-order valence-electron chi connectivity index (χ1n) is 7.22. The second-order valence-electron chi connectivity index (χ2n) is 4.88. The van der Waals surface area contributed by atoms with Crippen molar-refractivity contribution in [2.45, 2.75) is 6.42 Å². The van der Waals surface area contributed by atoms with E-state index in [4.69, 9.17) is 4.74 Å². The van der Waals surface area contributed by atoms with Crippen molar-refractivity contribution >= 4 is 28.1 Å². The summed E-state index contributed by atoms with van der Waals surface area (Å²) in [7, 11) is 0. The number of amides is 1. The number of rotatable bonds is 7. The van der Waals surface area contributed by atoms with Crippen molar-refractivity contribution in [3.8, 4) is 11.5 Å². The summed E-state index contributed by atoms with van der Waals surface area (Å²) in [4.78, 5) is 11.7. The Hall–Kier alpha value is -2.60. The molecule has 0 saturated heterocycles. The van der Waals surface area contributed by atoms with Crippen LogP contribution in [-0.4, -0.2) is 23.8 Å². The van der Waals surface area contributed by atoms with Gasteiger partial charge >= 0.3 is 0 Å². The summed E-state index contributed by atoms with van der Waals surface area (Å²) in [5, 5.41) is 13.9. The zero-order valence-electron chi connectivity index (χ0n) is 12.9. The van der Waals surface area contributed by atoms with Crippen molar-refractivity contribution in [2.75, 3.05) is 6.61 Å². The number of nitrogens with one attached hydrogen (secondary N) is 1. The highest BCUT2D eigenvalue weighted by Crippen LogP contribution is 2.21. The van der Waals surface area contributed by atoms with Crippen LogP contribution in [0.2, 0.25) is 0 Å². The van der Waals surface area contributed by atoms with Crippen LogP contribution in [0.15, 0.2) is 64.7 Å². The van der Waals surface area contributed by atoms with E-state index in [2.05, 4.69) is 33.0 Å². The molecule has 0 aliphatic carbocycles. The summed E-state index contributed by atoms with van der Waals surface area (Å²) in [5.41, 5.74) is 3.62. The van der Waals surface area contributed by atoms with Crippen LogP contribution in [0, 0.1) is 0 Å². The van der Waals surface area contributed by atoms with Crippen LogP contribution < -0.4 is 10.2 Å². The van der Waals surface area contributed by atoms with E-state index in [0.29, 0.717) is 17.7 Å². The number of aromatic hydroxyl groups is 1. The monoisotopic (exact) mass is 388 g/mol. The Kier molecular flexibility index (Phi) is 6.57. The highest BCUT2D eigenvalue weighted by molar-refractivity contribution is 9.10. The highest BCUT2D eigenvalue weighted by atomic mass is 79.9. The maximum atomic E-state index is 11.7. The van der Waals surface area contributed by atoms with Crippen LogP contribution in [-0.2, 0) is 11.2 Å². The first kappa shape index (κ1) is 17.7. The van der Waals surface area contributed by atoms with Crippen molar-refractivity contribution in [2.24, 2.45) is 5.10 Å². The number of hydrogen-bond donors (Lipinski definition) is 2. The van der Waals surface area contributed by atoms with Gasteiger partial charge in [0.25, 0.3) is 5.91 Å². The first-order valence-corrected chi connectivity index (χ1v) is 8.01. The largest absolute Gasteiger partial charge is 0.507 e. The van der Waals surface area contributed by atoms with Gasteiger partial charge in [0.1, 0.15) is 11.5 Å². The number of para-hydroxylation sites is 1. The van der Waals surface area contributed by atoms with Crippen molar-refractivity contribution in [3.05, 3.63) is 70.7 Å². The molecule has 0 spiro atoms. The van der Waals surface area contributed by atoms with Gasteiger partial charge in [0.15, 0.2) is 6.61 Å². The predicted octanol–water partition coefficient (Wildman–Crippen LogP) is 3.41. The summed E-state index contributed by atoms with van der Waals surface area (Å²) in [6.45, 7) is 3.49. The van der Waals surface area contributed by atoms with E-state index in [-0.39, 0.29) is 12.4 Å². The molecule has 0 aliphatic heterocycles. The lowest BCUT2D eigenvalue weighted by Crippen LogP contribution is -2.24. The van der Waals surface area contributed by atoms with Crippen LogP contribution in [0.4, 0.5) is 0 Å². The summed E-state index contributed by atoms with van der Waals surface area (Å²) < 4.78 is 6.27. The number of phenols is 1. The van der Waals surface area contributed by atoms with Gasteiger partial charge in [0.2, 0.25) is 0 Å². The SMILES string of the molecule is C=CCc1cccc(C=NNC(=O)COc2ccc(Br)cc2)c1O. The summed E-state index contributed by atoms with van der Waals surface area (Å²) in [6, 6.07) is 12.5. The molecule has 2 rings (SSSR count). The van der Waals surface area contributed by atoms with Crippen LogP contribution in [0.1, 0.15) is 11.1 Å². The molecule has 0 heterocycles. The molecule has 5 nitrogen and oxygen atoms in total. The van der Waals surface area contributed by atoms with Gasteiger partial charge in [0.05, 0.1) is 6.21 Å². The number of hydrogen-bond acceptors (Lipinski definition) is 4. The highest BCUT2D eigenvalue weighted by Gasteiger charge is 2.04. The number of carbonyl (C=O) groups excluding carboxylic acids is 1. The lowest BCUT2D eigenvalue weighted by Gasteiger charge is -2.06. The fourth-order valence-electron chi connectivity index (χ4n) is 1.92. The van der Waals surface area contributed by atoms with E-state index in [1.807, 2.05) is 12.1 Å². The molecule has 2 N–H and O–H groups in total. The average molecular weight is 389 g/mol. The van der Waals surface area contributed by atoms with Gasteiger partial charge in [-0.05, 0) is 42.3 Å². The van der Waals surface area contributed by atoms with Gasteiger partial charge in [-0.25, -0.2) is 5.43 Å². The van der Waals surface area contributed by atoms with Gasteiger partial charge in [-0.3, -0.25) is 4.79 Å². The Morgan fingerprint density at radius 3 is 2.75 bits per heavy atom. The van der Waals surface area contributed by atoms with Crippen LogP contribution in [0.3, 0.4) is 0 Å². The molecule has 0 aromatic heterocycles. The number of nitrogens with zero attached hydrogens (tertiary/aromatic N) is 1. The van der Waals surface area contributed by atoms with Gasteiger partial charge in [-0.15, -0.1) is 6.58 Å². The molecule has 0 fully saturated rings. The fourth-order valence-corrected chi connectivity index (χ4v) is 2.19. The molecule has 6 heteroatoms. The summed E-state index contributed by atoms with van der Waals surface area (Å²) in [5.74, 6) is 0.324. The Morgan fingerprint density at radius 2 is 2.04 bits per heavy atom. The molecule has 124 valence electrons. The van der Waals surface area contributed by atoms with Crippen molar-refractivity contribution in [1.29, 1.82) is 0 Å². The molecule has 0 aliphatic rings. The minimum Gasteiger partial charge on any atom is -0.507 e. The normalized spacial score (nSPS) is 10.5. The van der Waals surface area contributed by atoms with Gasteiger partial charge in [0, 0.05) is 10.0 Å². The second-order valence-corrected chi connectivity index (χ2v) is 5.80. The molecular weight excluding hydrogens is 372 g/mol. The maximum absolute atomic E-state index is 11.7. The van der Waals surface area contributed by atoms with Crippen molar-refractivity contribution in [3.63, 3.8) is 0 Å². The third-order valence-corrected chi connectivity index (χ3v) is 3.62. The van der Waals surface area contributed by atoms with E-state index >= 15 is 0 Å². The predicted molar refractivity (Wildman–Crippen MR) is 97.4 cm³/mol. The lowest BCUT2D eigenvalue weighted by atomic mass is 10.1. The van der Waals surface area contributed by atoms with Crippen LogP contribution in [0.5, 0.6) is 11.5 Å². The fraction of sp³-hybridized carbons (Fsp3) is 0.111. The topological polar surface area (TPSA) is 70.9 Å². The van der Waals surface area contributed by atoms with Crippen LogP contribution >= 0.6 is 15.9 Å². The Balaban J connectivity index is 1.87. The van der Waals surface area contributed by atoms with Gasteiger partial charge < -0.3 is 9.84 Å². The zero-order valence-corrected chi connectivity index (χ0v) is 14.5. The number of halogens is 1. The smallest absolute Gasteiger partial charge is 0.277 e. The number of phenolic OH excluding ortho intramolecular Hbond substituents is 1. The van der Waals surface area contributed by atoms with Crippen LogP contribution in [0.25, 0.3) is 0 Å². The van der Waals surface area contributed by atoms with E-state index in [9.17, 15) is 9.90 Å². The van der Waals surface area contributed by atoms with Gasteiger partial charge in [-0.2, -0.15) is 5.10 Å². The Bertz CT molecular complexity index is 742. The molecule has 0 saturated carbocycles. The molecule has 2 aromatic rings. The third kappa shape index (κ3) is 5.24. The van der Waals surface area contributed by atoms with Gasteiger partial charge in [-0.1, -0.05) is 34.1 Å². The van der Waals surface area contributed by atoms with Crippen molar-refractivity contribution < 1.29 is 14.6 Å². The third-order valence-electron chi connectivity index (χ3n) is 3.09. The molecule has 24 heavy (non-hydrogen) atoms. The van der Waals surface area contributed by atoms with E-state index in [1.165, 1.54) is 6.21 Å². The lowest BCUT2D eigenvalue weighted by molar-refractivity contribution is -0.123.